The van der Waals surface area contributed by atoms with Gasteiger partial charge < -0.3 is 9.72 Å². The number of halogens is 4. The third-order valence-electron chi connectivity index (χ3n) is 4.04. The summed E-state index contributed by atoms with van der Waals surface area (Å²) in [6.45, 7) is 1.31. The summed E-state index contributed by atoms with van der Waals surface area (Å²) in [7, 11) is -3.60. The minimum Gasteiger partial charge on any atom is -0.361 e. The number of imidazole rings is 1. The number of rotatable bonds is 6. The van der Waals surface area contributed by atoms with Crippen LogP contribution < -0.4 is 0 Å². The molecule has 1 heterocycles. The number of ether oxygens (including phenoxy) is 1. The van der Waals surface area contributed by atoms with Gasteiger partial charge in [0.25, 0.3) is 0 Å². The van der Waals surface area contributed by atoms with Crippen molar-refractivity contribution in [3.8, 4) is 0 Å². The number of sulfone groups is 1. The van der Waals surface area contributed by atoms with Crippen LogP contribution in [0.2, 0.25) is 5.02 Å². The summed E-state index contributed by atoms with van der Waals surface area (Å²) >= 11 is 5.86. The first-order valence-electron chi connectivity index (χ1n) is 8.32. The average Bonchev–Trinajstić information content (AvgIpc) is 2.99. The van der Waals surface area contributed by atoms with Crippen LogP contribution in [-0.2, 0) is 21.2 Å². The first kappa shape index (κ1) is 21.4. The zero-order chi connectivity index (χ0) is 21.3. The minimum absolute atomic E-state index is 0.127. The van der Waals surface area contributed by atoms with Crippen LogP contribution in [0.5, 0.6) is 0 Å². The van der Waals surface area contributed by atoms with Crippen LogP contribution in [0, 0.1) is 24.4 Å². The Morgan fingerprint density at radius 2 is 1.79 bits per heavy atom. The number of aryl methyl sites for hydroxylation is 1. The molecule has 29 heavy (non-hydrogen) atoms. The molecule has 2 aromatic carbocycles. The Hall–Kier alpha value is -2.36. The van der Waals surface area contributed by atoms with Crippen LogP contribution >= 0.6 is 11.6 Å². The van der Waals surface area contributed by atoms with E-state index in [9.17, 15) is 21.6 Å². The van der Waals surface area contributed by atoms with Gasteiger partial charge in [-0.15, -0.1) is 0 Å². The number of nitrogens with zero attached hydrogens (tertiary/aromatic N) is 1. The number of hydrogen-bond acceptors (Lipinski definition) is 4. The van der Waals surface area contributed by atoms with E-state index >= 15 is 0 Å². The molecule has 1 atom stereocenters. The fraction of sp³-hybridized carbons (Fsp3) is 0.211. The molecule has 0 bridgehead atoms. The molecule has 0 aliphatic heterocycles. The van der Waals surface area contributed by atoms with Crippen LogP contribution in [0.4, 0.5) is 13.2 Å². The van der Waals surface area contributed by atoms with Gasteiger partial charge in [-0.2, -0.15) is 0 Å². The summed E-state index contributed by atoms with van der Waals surface area (Å²) in [5.41, 5.74) is 0.885. The van der Waals surface area contributed by atoms with E-state index in [1.807, 2.05) is 0 Å². The van der Waals surface area contributed by atoms with Crippen molar-refractivity contribution in [1.82, 2.24) is 9.97 Å². The molecule has 3 rings (SSSR count). The predicted molar refractivity (Wildman–Crippen MR) is 101 cm³/mol. The summed E-state index contributed by atoms with van der Waals surface area (Å²) in [6.07, 6.45) is 0.0220. The molecule has 0 spiro atoms. The molecule has 3 aromatic rings. The fourth-order valence-corrected chi connectivity index (χ4v) is 3.89. The normalized spacial score (nSPS) is 12.9. The first-order valence-corrected chi connectivity index (χ1v) is 10.6. The van der Waals surface area contributed by atoms with E-state index in [1.54, 1.807) is 0 Å². The standard InChI is InChI=1S/C19H16ClF3N2O3S/c1-10-19(29(2,26)27)25-18(24-10)17(12-3-4-16(23)15(20)7-12)28-9-11-5-13(21)8-14(22)6-11/h3-8,17H,9H2,1-2H3,(H,24,25)/t17-/m1/s1. The first-order chi connectivity index (χ1) is 13.5. The highest BCUT2D eigenvalue weighted by Gasteiger charge is 2.24. The quantitative estimate of drug-likeness (QED) is 0.607. The monoisotopic (exact) mass is 444 g/mol. The number of nitrogens with one attached hydrogen (secondary N) is 1. The molecule has 154 valence electrons. The Morgan fingerprint density at radius 1 is 1.14 bits per heavy atom. The fourth-order valence-electron chi connectivity index (χ4n) is 2.83. The maximum absolute atomic E-state index is 13.6. The van der Waals surface area contributed by atoms with Gasteiger partial charge in [-0.25, -0.2) is 26.6 Å². The number of benzene rings is 2. The minimum atomic E-state index is -3.60. The molecule has 0 amide bonds. The van der Waals surface area contributed by atoms with Gasteiger partial charge in [0.15, 0.2) is 14.9 Å². The summed E-state index contributed by atoms with van der Waals surface area (Å²) in [5.74, 6) is -2.05. The largest absolute Gasteiger partial charge is 0.361 e. The van der Waals surface area contributed by atoms with E-state index in [2.05, 4.69) is 9.97 Å². The highest BCUT2D eigenvalue weighted by Crippen LogP contribution is 2.30. The van der Waals surface area contributed by atoms with Gasteiger partial charge in [-0.1, -0.05) is 17.7 Å². The number of H-pyrrole nitrogens is 1. The summed E-state index contributed by atoms with van der Waals surface area (Å²) in [6, 6.07) is 6.78. The van der Waals surface area contributed by atoms with Crippen LogP contribution in [0.15, 0.2) is 41.4 Å². The maximum Gasteiger partial charge on any atom is 0.194 e. The van der Waals surface area contributed by atoms with Crippen LogP contribution in [0.1, 0.15) is 28.7 Å². The van der Waals surface area contributed by atoms with E-state index < -0.39 is 33.4 Å². The molecule has 0 fully saturated rings. The molecule has 0 aliphatic rings. The van der Waals surface area contributed by atoms with E-state index in [0.717, 1.165) is 30.5 Å². The Morgan fingerprint density at radius 3 is 2.34 bits per heavy atom. The van der Waals surface area contributed by atoms with Gasteiger partial charge in [0.1, 0.15) is 29.4 Å². The zero-order valence-electron chi connectivity index (χ0n) is 15.3. The Labute approximate surface area is 170 Å². The van der Waals surface area contributed by atoms with Crippen molar-refractivity contribution in [3.63, 3.8) is 0 Å². The highest BCUT2D eigenvalue weighted by molar-refractivity contribution is 7.90. The molecule has 0 saturated carbocycles. The third-order valence-corrected chi connectivity index (χ3v) is 5.43. The SMILES string of the molecule is Cc1[nH]c([C@H](OCc2cc(F)cc(F)c2)c2ccc(F)c(Cl)c2)nc1S(C)(=O)=O. The molecule has 0 radical (unpaired) electrons. The second-order valence-corrected chi connectivity index (χ2v) is 8.80. The molecule has 1 N–H and O–H groups in total. The van der Waals surface area contributed by atoms with Crippen molar-refractivity contribution in [2.75, 3.05) is 6.26 Å². The second-order valence-electron chi connectivity index (χ2n) is 6.47. The Bertz CT molecular complexity index is 1150. The number of aromatic amines is 1. The van der Waals surface area contributed by atoms with Gasteiger partial charge in [0.2, 0.25) is 0 Å². The smallest absolute Gasteiger partial charge is 0.194 e. The molecular formula is C19H16ClF3N2O3S. The second kappa shape index (κ2) is 8.17. The molecule has 0 unspecified atom stereocenters. The molecule has 1 aromatic heterocycles. The third kappa shape index (κ3) is 4.98. The van der Waals surface area contributed by atoms with E-state index in [0.29, 0.717) is 11.3 Å². The lowest BCUT2D eigenvalue weighted by Crippen LogP contribution is -2.09. The lowest BCUT2D eigenvalue weighted by molar-refractivity contribution is 0.0610. The molecule has 0 aliphatic carbocycles. The van der Waals surface area contributed by atoms with Crippen LogP contribution in [-0.4, -0.2) is 24.6 Å². The van der Waals surface area contributed by atoms with Crippen molar-refractivity contribution in [1.29, 1.82) is 0 Å². The van der Waals surface area contributed by atoms with Gasteiger partial charge in [-0.3, -0.25) is 0 Å². The average molecular weight is 445 g/mol. The lowest BCUT2D eigenvalue weighted by atomic mass is 10.1. The van der Waals surface area contributed by atoms with Crippen LogP contribution in [0.25, 0.3) is 0 Å². The maximum atomic E-state index is 13.6. The van der Waals surface area contributed by atoms with Gasteiger partial charge >= 0.3 is 0 Å². The van der Waals surface area contributed by atoms with Crippen molar-refractivity contribution >= 4 is 21.4 Å². The van der Waals surface area contributed by atoms with Crippen molar-refractivity contribution in [3.05, 3.63) is 81.5 Å². The number of aromatic nitrogens is 2. The molecular weight excluding hydrogens is 429 g/mol. The van der Waals surface area contributed by atoms with Gasteiger partial charge in [0.05, 0.1) is 17.3 Å². The van der Waals surface area contributed by atoms with Gasteiger partial charge in [-0.05, 0) is 42.3 Å². The molecule has 0 saturated heterocycles. The topological polar surface area (TPSA) is 72.0 Å². The van der Waals surface area contributed by atoms with Crippen molar-refractivity contribution < 1.29 is 26.3 Å². The van der Waals surface area contributed by atoms with Gasteiger partial charge in [0, 0.05) is 12.3 Å². The summed E-state index contributed by atoms with van der Waals surface area (Å²) < 4.78 is 70.0. The zero-order valence-corrected chi connectivity index (χ0v) is 16.9. The predicted octanol–water partition coefficient (Wildman–Crippen LogP) is 4.50. The lowest BCUT2D eigenvalue weighted by Gasteiger charge is -2.17. The number of hydrogen-bond donors (Lipinski definition) is 1. The van der Waals surface area contributed by atoms with Crippen LogP contribution in [0.3, 0.4) is 0 Å². The highest BCUT2D eigenvalue weighted by atomic mass is 35.5. The Kier molecular flexibility index (Phi) is 6.02. The van der Waals surface area contributed by atoms with Crippen molar-refractivity contribution in [2.24, 2.45) is 0 Å². The molecule has 10 heteroatoms. The summed E-state index contributed by atoms with van der Waals surface area (Å²) in [4.78, 5) is 6.95. The van der Waals surface area contributed by atoms with E-state index in [4.69, 9.17) is 16.3 Å². The van der Waals surface area contributed by atoms with E-state index in [-0.39, 0.29) is 28.0 Å². The van der Waals surface area contributed by atoms with E-state index in [1.165, 1.54) is 19.1 Å². The molecule has 5 nitrogen and oxygen atoms in total. The van der Waals surface area contributed by atoms with Crippen molar-refractivity contribution in [2.45, 2.75) is 24.7 Å². The Balaban J connectivity index is 2.01. The summed E-state index contributed by atoms with van der Waals surface area (Å²) in [5, 5.41) is -0.328.